The molecule has 0 fully saturated rings. The van der Waals surface area contributed by atoms with E-state index >= 15 is 0 Å². The zero-order chi connectivity index (χ0) is 9.97. The van der Waals surface area contributed by atoms with Gasteiger partial charge in [-0.3, -0.25) is 0 Å². The Morgan fingerprint density at radius 1 is 1.50 bits per heavy atom. The summed E-state index contributed by atoms with van der Waals surface area (Å²) in [5.41, 5.74) is 3.20. The molecular formula is C10H13N3S. The van der Waals surface area contributed by atoms with E-state index in [1.165, 1.54) is 0 Å². The highest BCUT2D eigenvalue weighted by Gasteiger charge is 1.99. The number of thiol groups is 1. The highest BCUT2D eigenvalue weighted by Crippen LogP contribution is 2.16. The van der Waals surface area contributed by atoms with Crippen LogP contribution >= 0.6 is 12.6 Å². The van der Waals surface area contributed by atoms with Gasteiger partial charge in [0.1, 0.15) is 5.82 Å². The van der Waals surface area contributed by atoms with Crippen molar-refractivity contribution in [1.82, 2.24) is 9.97 Å². The summed E-state index contributed by atoms with van der Waals surface area (Å²) in [5.74, 6) is 1.78. The van der Waals surface area contributed by atoms with Crippen LogP contribution in [-0.2, 0) is 0 Å². The van der Waals surface area contributed by atoms with Gasteiger partial charge < -0.3 is 10.3 Å². The van der Waals surface area contributed by atoms with E-state index in [9.17, 15) is 0 Å². The Bertz CT molecular complexity index is 436. The molecular weight excluding hydrogens is 194 g/mol. The molecule has 1 heterocycles. The molecule has 2 aromatic rings. The van der Waals surface area contributed by atoms with Crippen molar-refractivity contribution in [3.05, 3.63) is 24.0 Å². The number of H-pyrrole nitrogens is 1. The van der Waals surface area contributed by atoms with Crippen LogP contribution < -0.4 is 5.32 Å². The fourth-order valence-corrected chi connectivity index (χ4v) is 1.56. The fourth-order valence-electron chi connectivity index (χ4n) is 1.45. The minimum atomic E-state index is 0.833. The maximum atomic E-state index is 4.34. The maximum absolute atomic E-state index is 4.34. The second kappa shape index (κ2) is 3.92. The van der Waals surface area contributed by atoms with E-state index in [0.29, 0.717) is 0 Å². The lowest BCUT2D eigenvalue weighted by Crippen LogP contribution is -2.01. The van der Waals surface area contributed by atoms with Crippen LogP contribution in [0.15, 0.2) is 18.2 Å². The van der Waals surface area contributed by atoms with Gasteiger partial charge in [0.15, 0.2) is 0 Å². The number of hydrogen-bond donors (Lipinski definition) is 3. The number of aromatic nitrogens is 2. The summed E-state index contributed by atoms with van der Waals surface area (Å²) in [5, 5.41) is 3.27. The van der Waals surface area contributed by atoms with Gasteiger partial charge in [0.2, 0.25) is 0 Å². The van der Waals surface area contributed by atoms with Gasteiger partial charge in [-0.2, -0.15) is 12.6 Å². The summed E-state index contributed by atoms with van der Waals surface area (Å²) in [4.78, 5) is 7.54. The van der Waals surface area contributed by atoms with Crippen LogP contribution in [0.1, 0.15) is 5.82 Å². The van der Waals surface area contributed by atoms with Crippen molar-refractivity contribution in [2.24, 2.45) is 0 Å². The average molecular weight is 207 g/mol. The van der Waals surface area contributed by atoms with Crippen LogP contribution in [-0.4, -0.2) is 22.3 Å². The summed E-state index contributed by atoms with van der Waals surface area (Å²) < 4.78 is 0. The number of rotatable bonds is 3. The minimum absolute atomic E-state index is 0.833. The standard InChI is InChI=1S/C10H13N3S/c1-7-12-9-3-2-8(11-4-5-14)6-10(9)13-7/h2-3,6,11,14H,4-5H2,1H3,(H,12,13). The molecule has 1 aromatic heterocycles. The van der Waals surface area contributed by atoms with Gasteiger partial charge in [0, 0.05) is 18.0 Å². The molecule has 0 atom stereocenters. The normalized spacial score (nSPS) is 10.7. The van der Waals surface area contributed by atoms with Gasteiger partial charge in [-0.1, -0.05) is 0 Å². The van der Waals surface area contributed by atoms with Crippen LogP contribution in [0.25, 0.3) is 11.0 Å². The average Bonchev–Trinajstić information content (AvgIpc) is 2.54. The number of imidazole rings is 1. The Morgan fingerprint density at radius 3 is 3.14 bits per heavy atom. The summed E-state index contributed by atoms with van der Waals surface area (Å²) in [6, 6.07) is 6.12. The van der Waals surface area contributed by atoms with E-state index in [-0.39, 0.29) is 0 Å². The van der Waals surface area contributed by atoms with E-state index < -0.39 is 0 Å². The van der Waals surface area contributed by atoms with Crippen molar-refractivity contribution in [1.29, 1.82) is 0 Å². The van der Waals surface area contributed by atoms with Gasteiger partial charge in [-0.05, 0) is 25.1 Å². The Hall–Kier alpha value is -1.16. The highest BCUT2D eigenvalue weighted by atomic mass is 32.1. The van der Waals surface area contributed by atoms with Crippen molar-refractivity contribution in [2.45, 2.75) is 6.92 Å². The number of fused-ring (bicyclic) bond motifs is 1. The zero-order valence-electron chi connectivity index (χ0n) is 8.04. The van der Waals surface area contributed by atoms with Crippen molar-refractivity contribution >= 4 is 29.3 Å². The second-order valence-electron chi connectivity index (χ2n) is 3.20. The zero-order valence-corrected chi connectivity index (χ0v) is 8.94. The predicted octanol–water partition coefficient (Wildman–Crippen LogP) is 2.21. The Kier molecular flexibility index (Phi) is 2.63. The number of anilines is 1. The first-order valence-electron chi connectivity index (χ1n) is 4.61. The van der Waals surface area contributed by atoms with Gasteiger partial charge in [-0.15, -0.1) is 0 Å². The van der Waals surface area contributed by atoms with E-state index in [1.807, 2.05) is 19.1 Å². The summed E-state index contributed by atoms with van der Waals surface area (Å²) in [6.07, 6.45) is 0. The van der Waals surface area contributed by atoms with Crippen molar-refractivity contribution in [3.8, 4) is 0 Å². The quantitative estimate of drug-likeness (QED) is 0.675. The molecule has 0 unspecified atom stereocenters. The number of aromatic amines is 1. The smallest absolute Gasteiger partial charge is 0.104 e. The molecule has 0 spiro atoms. The molecule has 0 bridgehead atoms. The molecule has 0 aliphatic carbocycles. The van der Waals surface area contributed by atoms with Crippen LogP contribution in [0.3, 0.4) is 0 Å². The fraction of sp³-hybridized carbons (Fsp3) is 0.300. The van der Waals surface area contributed by atoms with Crippen LogP contribution in [0.4, 0.5) is 5.69 Å². The molecule has 0 saturated heterocycles. The van der Waals surface area contributed by atoms with E-state index in [4.69, 9.17) is 0 Å². The lowest BCUT2D eigenvalue weighted by molar-refractivity contribution is 1.17. The number of benzene rings is 1. The lowest BCUT2D eigenvalue weighted by atomic mass is 10.3. The lowest BCUT2D eigenvalue weighted by Gasteiger charge is -2.02. The van der Waals surface area contributed by atoms with Crippen LogP contribution in [0.2, 0.25) is 0 Å². The summed E-state index contributed by atoms with van der Waals surface area (Å²) in [6.45, 7) is 2.84. The van der Waals surface area contributed by atoms with Gasteiger partial charge in [0.25, 0.3) is 0 Å². The first-order chi connectivity index (χ1) is 6.79. The first kappa shape index (κ1) is 9.40. The topological polar surface area (TPSA) is 40.7 Å². The molecule has 14 heavy (non-hydrogen) atoms. The Balaban J connectivity index is 2.31. The van der Waals surface area contributed by atoms with E-state index in [2.05, 4.69) is 34.0 Å². The van der Waals surface area contributed by atoms with E-state index in [1.54, 1.807) is 0 Å². The Labute approximate surface area is 88.3 Å². The summed E-state index contributed by atoms with van der Waals surface area (Å²) >= 11 is 4.15. The van der Waals surface area contributed by atoms with Gasteiger partial charge >= 0.3 is 0 Å². The molecule has 4 heteroatoms. The SMILES string of the molecule is Cc1nc2ccc(NCCS)cc2[nH]1. The van der Waals surface area contributed by atoms with Gasteiger partial charge in [0.05, 0.1) is 11.0 Å². The predicted molar refractivity (Wildman–Crippen MR) is 63.2 cm³/mol. The Morgan fingerprint density at radius 2 is 2.36 bits per heavy atom. The molecule has 0 radical (unpaired) electrons. The molecule has 3 nitrogen and oxygen atoms in total. The third kappa shape index (κ3) is 1.85. The maximum Gasteiger partial charge on any atom is 0.104 e. The number of aryl methyl sites for hydroxylation is 1. The van der Waals surface area contributed by atoms with Crippen molar-refractivity contribution in [2.75, 3.05) is 17.6 Å². The number of nitrogens with zero attached hydrogens (tertiary/aromatic N) is 1. The minimum Gasteiger partial charge on any atom is -0.384 e. The first-order valence-corrected chi connectivity index (χ1v) is 5.24. The molecule has 0 aliphatic rings. The third-order valence-electron chi connectivity index (χ3n) is 2.04. The van der Waals surface area contributed by atoms with Crippen LogP contribution in [0, 0.1) is 6.92 Å². The largest absolute Gasteiger partial charge is 0.384 e. The van der Waals surface area contributed by atoms with Crippen LogP contribution in [0.5, 0.6) is 0 Å². The number of nitrogens with one attached hydrogen (secondary N) is 2. The molecule has 1 aromatic carbocycles. The molecule has 74 valence electrons. The summed E-state index contributed by atoms with van der Waals surface area (Å²) in [7, 11) is 0. The molecule has 0 saturated carbocycles. The molecule has 2 rings (SSSR count). The van der Waals surface area contributed by atoms with E-state index in [0.717, 1.165) is 34.8 Å². The van der Waals surface area contributed by atoms with Crippen molar-refractivity contribution in [3.63, 3.8) is 0 Å². The number of hydrogen-bond acceptors (Lipinski definition) is 3. The molecule has 0 aliphatic heterocycles. The van der Waals surface area contributed by atoms with Crippen molar-refractivity contribution < 1.29 is 0 Å². The highest BCUT2D eigenvalue weighted by molar-refractivity contribution is 7.80. The monoisotopic (exact) mass is 207 g/mol. The molecule has 2 N–H and O–H groups in total. The second-order valence-corrected chi connectivity index (χ2v) is 3.65. The third-order valence-corrected chi connectivity index (χ3v) is 2.26. The molecule has 0 amide bonds. The van der Waals surface area contributed by atoms with Gasteiger partial charge in [-0.25, -0.2) is 4.98 Å².